The second-order valence-corrected chi connectivity index (χ2v) is 4.41. The molecule has 0 fully saturated rings. The van der Waals surface area contributed by atoms with Crippen LogP contribution in [-0.4, -0.2) is 19.9 Å². The number of fused-ring (bicyclic) bond motifs is 2. The van der Waals surface area contributed by atoms with E-state index in [9.17, 15) is 0 Å². The van der Waals surface area contributed by atoms with Crippen molar-refractivity contribution < 1.29 is 0 Å². The third-order valence-electron chi connectivity index (χ3n) is 3.09. The maximum atomic E-state index is 4.24. The zero-order valence-electron chi connectivity index (χ0n) is 10.4. The van der Waals surface area contributed by atoms with Crippen LogP contribution in [0.5, 0.6) is 0 Å². The number of benzene rings is 2. The molecule has 0 unspecified atom stereocenters. The van der Waals surface area contributed by atoms with Gasteiger partial charge in [0.2, 0.25) is 0 Å². The monoisotopic (exact) mass is 262 g/mol. The van der Waals surface area contributed by atoms with Gasteiger partial charge >= 0.3 is 0 Å². The Hall–Kier alpha value is -3.02. The second-order valence-electron chi connectivity index (χ2n) is 4.41. The van der Waals surface area contributed by atoms with Gasteiger partial charge in [0.05, 0.1) is 46.1 Å². The van der Waals surface area contributed by atoms with Crippen LogP contribution in [0.3, 0.4) is 0 Å². The number of hydrogen-bond donors (Lipinski definition) is 2. The van der Waals surface area contributed by atoms with Crippen molar-refractivity contribution in [2.24, 2.45) is 10.2 Å². The molecule has 4 aromatic rings. The smallest absolute Gasteiger partial charge is 0.0931 e. The van der Waals surface area contributed by atoms with Crippen molar-refractivity contribution in [1.29, 1.82) is 0 Å². The number of azo groups is 1. The normalized spacial score (nSPS) is 11.8. The molecule has 0 aliphatic carbocycles. The molecule has 0 bridgehead atoms. The molecule has 2 aromatic heterocycles. The van der Waals surface area contributed by atoms with E-state index in [1.54, 1.807) is 12.7 Å². The van der Waals surface area contributed by atoms with Crippen LogP contribution in [0.1, 0.15) is 0 Å². The number of aromatic amines is 2. The van der Waals surface area contributed by atoms with Gasteiger partial charge in [0.25, 0.3) is 0 Å². The molecule has 2 aromatic carbocycles. The van der Waals surface area contributed by atoms with Crippen LogP contribution in [0.2, 0.25) is 0 Å². The second kappa shape index (κ2) is 4.27. The first kappa shape index (κ1) is 10.9. The van der Waals surface area contributed by atoms with E-state index < -0.39 is 0 Å². The Balaban J connectivity index is 1.69. The summed E-state index contributed by atoms with van der Waals surface area (Å²) in [5, 5.41) is 8.48. The lowest BCUT2D eigenvalue weighted by molar-refractivity contribution is 1.24. The first-order chi connectivity index (χ1) is 9.88. The zero-order valence-corrected chi connectivity index (χ0v) is 10.4. The summed E-state index contributed by atoms with van der Waals surface area (Å²) < 4.78 is 0. The molecule has 4 rings (SSSR count). The Morgan fingerprint density at radius 3 is 1.70 bits per heavy atom. The van der Waals surface area contributed by atoms with Crippen molar-refractivity contribution >= 4 is 33.4 Å². The number of imidazole rings is 2. The van der Waals surface area contributed by atoms with Crippen molar-refractivity contribution in [3.63, 3.8) is 0 Å². The molecule has 0 amide bonds. The minimum absolute atomic E-state index is 0.784. The minimum Gasteiger partial charge on any atom is -0.345 e. The summed E-state index contributed by atoms with van der Waals surface area (Å²) in [6.07, 6.45) is 3.33. The Morgan fingerprint density at radius 2 is 1.20 bits per heavy atom. The highest BCUT2D eigenvalue weighted by Gasteiger charge is 1.99. The van der Waals surface area contributed by atoms with Crippen molar-refractivity contribution in [3.8, 4) is 0 Å². The average Bonchev–Trinajstić information content (AvgIpc) is 3.12. The largest absolute Gasteiger partial charge is 0.345 e. The van der Waals surface area contributed by atoms with E-state index in [1.165, 1.54) is 0 Å². The van der Waals surface area contributed by atoms with Crippen LogP contribution in [0, 0.1) is 0 Å². The molecular weight excluding hydrogens is 252 g/mol. The molecule has 0 aliphatic rings. The number of nitrogens with one attached hydrogen (secondary N) is 2. The van der Waals surface area contributed by atoms with Gasteiger partial charge in [-0.05, 0) is 36.4 Å². The first-order valence-corrected chi connectivity index (χ1v) is 6.16. The van der Waals surface area contributed by atoms with Crippen molar-refractivity contribution in [2.45, 2.75) is 0 Å². The summed E-state index contributed by atoms with van der Waals surface area (Å²) in [6.45, 7) is 0. The Bertz CT molecular complexity index is 841. The lowest BCUT2D eigenvalue weighted by Gasteiger charge is -1.94. The molecule has 0 spiro atoms. The third kappa shape index (κ3) is 1.83. The lowest BCUT2D eigenvalue weighted by atomic mass is 10.3. The molecule has 2 heterocycles. The third-order valence-corrected chi connectivity index (χ3v) is 3.09. The van der Waals surface area contributed by atoms with Gasteiger partial charge in [-0.15, -0.1) is 0 Å². The van der Waals surface area contributed by atoms with Gasteiger partial charge in [0.1, 0.15) is 0 Å². The van der Waals surface area contributed by atoms with Gasteiger partial charge in [0, 0.05) is 0 Å². The lowest BCUT2D eigenvalue weighted by Crippen LogP contribution is -1.70. The maximum Gasteiger partial charge on any atom is 0.0931 e. The highest BCUT2D eigenvalue weighted by Crippen LogP contribution is 2.23. The van der Waals surface area contributed by atoms with E-state index in [0.29, 0.717) is 0 Å². The van der Waals surface area contributed by atoms with Gasteiger partial charge < -0.3 is 9.97 Å². The Morgan fingerprint density at radius 1 is 0.700 bits per heavy atom. The summed E-state index contributed by atoms with van der Waals surface area (Å²) in [4.78, 5) is 14.4. The first-order valence-electron chi connectivity index (χ1n) is 6.16. The summed E-state index contributed by atoms with van der Waals surface area (Å²) in [7, 11) is 0. The van der Waals surface area contributed by atoms with Gasteiger partial charge in [-0.1, -0.05) is 0 Å². The summed E-state index contributed by atoms with van der Waals surface area (Å²) in [5.41, 5.74) is 5.31. The number of hydrogen-bond acceptors (Lipinski definition) is 4. The van der Waals surface area contributed by atoms with Crippen LogP contribution in [0.15, 0.2) is 59.3 Å². The molecule has 20 heavy (non-hydrogen) atoms. The Labute approximate surface area is 113 Å². The van der Waals surface area contributed by atoms with Crippen molar-refractivity contribution in [3.05, 3.63) is 49.1 Å². The quantitative estimate of drug-likeness (QED) is 0.538. The van der Waals surface area contributed by atoms with Gasteiger partial charge in [-0.2, -0.15) is 10.2 Å². The van der Waals surface area contributed by atoms with Crippen molar-refractivity contribution in [2.75, 3.05) is 0 Å². The van der Waals surface area contributed by atoms with Crippen LogP contribution in [0.25, 0.3) is 22.1 Å². The topological polar surface area (TPSA) is 82.1 Å². The fourth-order valence-corrected chi connectivity index (χ4v) is 2.09. The SMILES string of the molecule is c1nc2ccc(N=Nc3ccc4nc[nH]c4c3)cc2[nH]1. The molecule has 6 nitrogen and oxygen atoms in total. The molecular formula is C14H10N6. The van der Waals surface area contributed by atoms with E-state index in [4.69, 9.17) is 0 Å². The molecule has 0 atom stereocenters. The van der Waals surface area contributed by atoms with Gasteiger partial charge in [0.15, 0.2) is 0 Å². The molecule has 0 radical (unpaired) electrons. The summed E-state index contributed by atoms with van der Waals surface area (Å²) in [6, 6.07) is 11.4. The number of rotatable bonds is 2. The van der Waals surface area contributed by atoms with Crippen LogP contribution in [-0.2, 0) is 0 Å². The van der Waals surface area contributed by atoms with Gasteiger partial charge in [-0.25, -0.2) is 9.97 Å². The molecule has 0 aliphatic heterocycles. The van der Waals surface area contributed by atoms with E-state index in [0.717, 1.165) is 33.4 Å². The highest BCUT2D eigenvalue weighted by molar-refractivity contribution is 5.78. The van der Waals surface area contributed by atoms with Crippen LogP contribution >= 0.6 is 0 Å². The van der Waals surface area contributed by atoms with E-state index >= 15 is 0 Å². The summed E-state index contributed by atoms with van der Waals surface area (Å²) >= 11 is 0. The predicted molar refractivity (Wildman–Crippen MR) is 76.4 cm³/mol. The predicted octanol–water partition coefficient (Wildman–Crippen LogP) is 3.85. The number of aromatic nitrogens is 4. The average molecular weight is 262 g/mol. The van der Waals surface area contributed by atoms with E-state index in [1.807, 2.05) is 36.4 Å². The van der Waals surface area contributed by atoms with Crippen LogP contribution < -0.4 is 0 Å². The molecule has 0 saturated carbocycles. The Kier molecular flexibility index (Phi) is 2.32. The minimum atomic E-state index is 0.784. The molecule has 0 saturated heterocycles. The number of H-pyrrole nitrogens is 2. The van der Waals surface area contributed by atoms with E-state index in [-0.39, 0.29) is 0 Å². The highest BCUT2D eigenvalue weighted by atomic mass is 15.1. The standard InChI is InChI=1S/C14H10N6/c1-3-11-13(17-7-15-11)5-9(1)19-20-10-2-4-12-14(6-10)18-8-16-12/h1-8H,(H,15,17)(H,16,18). The zero-order chi connectivity index (χ0) is 13.4. The molecule has 2 N–H and O–H groups in total. The van der Waals surface area contributed by atoms with Crippen molar-refractivity contribution in [1.82, 2.24) is 19.9 Å². The van der Waals surface area contributed by atoms with Crippen LogP contribution in [0.4, 0.5) is 11.4 Å². The fraction of sp³-hybridized carbons (Fsp3) is 0. The molecule has 96 valence electrons. The van der Waals surface area contributed by atoms with Gasteiger partial charge in [-0.3, -0.25) is 0 Å². The maximum absolute atomic E-state index is 4.24. The fourth-order valence-electron chi connectivity index (χ4n) is 2.09. The van der Waals surface area contributed by atoms with E-state index in [2.05, 4.69) is 30.2 Å². The summed E-state index contributed by atoms with van der Waals surface area (Å²) in [5.74, 6) is 0. The molecule has 6 heteroatoms. The number of nitrogens with zero attached hydrogens (tertiary/aromatic N) is 4.